The fourth-order valence-electron chi connectivity index (χ4n) is 3.12. The largest absolute Gasteiger partial charge is 0.466 e. The summed E-state index contributed by atoms with van der Waals surface area (Å²) in [5.41, 5.74) is 0.182. The Balaban J connectivity index is 2.57. The van der Waals surface area contributed by atoms with E-state index in [9.17, 15) is 18.0 Å². The Bertz CT molecular complexity index is 764. The van der Waals surface area contributed by atoms with E-state index in [2.05, 4.69) is 5.32 Å². The number of thiocarbonyl (C=S) groups is 1. The second-order valence-corrected chi connectivity index (χ2v) is 6.56. The molecule has 0 amide bonds. The highest BCUT2D eigenvalue weighted by molar-refractivity contribution is 7.80. The number of ether oxygens (including phenoxy) is 2. The zero-order chi connectivity index (χ0) is 20.4. The number of allylic oxidation sites excluding steroid dienone is 1. The smallest absolute Gasteiger partial charge is 0.416 e. The van der Waals surface area contributed by atoms with Crippen molar-refractivity contribution in [2.24, 2.45) is 0 Å². The number of nitrogens with zero attached hydrogens (tertiary/aromatic N) is 1. The first-order chi connectivity index (χ1) is 12.6. The number of carbonyl (C=O) groups excluding carboxylic acids is 1. The molecule has 0 saturated carbocycles. The molecule has 0 unspecified atom stereocenters. The van der Waals surface area contributed by atoms with Crippen LogP contribution in [-0.4, -0.2) is 42.8 Å². The van der Waals surface area contributed by atoms with E-state index in [1.165, 1.54) is 19.2 Å². The van der Waals surface area contributed by atoms with Gasteiger partial charge in [0.1, 0.15) is 0 Å². The number of benzene rings is 1. The van der Waals surface area contributed by atoms with Crippen LogP contribution in [0.1, 0.15) is 31.0 Å². The van der Waals surface area contributed by atoms with Crippen LogP contribution >= 0.6 is 12.2 Å². The number of alkyl halides is 3. The van der Waals surface area contributed by atoms with Crippen LogP contribution in [0, 0.1) is 0 Å². The maximum absolute atomic E-state index is 13.1. The molecule has 1 aromatic carbocycles. The molecule has 1 aromatic rings. The van der Waals surface area contributed by atoms with Crippen LogP contribution in [0.15, 0.2) is 35.5 Å². The average molecular weight is 402 g/mol. The molecule has 9 heteroatoms. The molecule has 27 heavy (non-hydrogen) atoms. The van der Waals surface area contributed by atoms with Crippen molar-refractivity contribution < 1.29 is 27.4 Å². The first-order valence-corrected chi connectivity index (χ1v) is 8.57. The number of rotatable bonds is 5. The first kappa shape index (κ1) is 21.2. The van der Waals surface area contributed by atoms with Gasteiger partial charge in [-0.15, -0.1) is 0 Å². The minimum atomic E-state index is -4.49. The van der Waals surface area contributed by atoms with Gasteiger partial charge in [0.2, 0.25) is 0 Å². The fourth-order valence-corrected chi connectivity index (χ4v) is 3.56. The van der Waals surface area contributed by atoms with Gasteiger partial charge in [-0.05, 0) is 43.8 Å². The molecule has 2 rings (SSSR count). The van der Waals surface area contributed by atoms with Crippen LogP contribution in [0.2, 0.25) is 0 Å². The SMILES string of the molecule is COC[C@H](C)N1C(=S)N[C@H](c2cccc(C(F)(F)F)c2)C(C(=O)OC)=C1C. The van der Waals surface area contributed by atoms with Crippen LogP contribution < -0.4 is 5.32 Å². The summed E-state index contributed by atoms with van der Waals surface area (Å²) in [6.45, 7) is 3.90. The molecule has 1 heterocycles. The molecule has 0 bridgehead atoms. The summed E-state index contributed by atoms with van der Waals surface area (Å²) in [7, 11) is 2.77. The van der Waals surface area contributed by atoms with E-state index in [4.69, 9.17) is 21.7 Å². The number of methoxy groups -OCH3 is 2. The van der Waals surface area contributed by atoms with Gasteiger partial charge in [-0.25, -0.2) is 4.79 Å². The van der Waals surface area contributed by atoms with Gasteiger partial charge in [0, 0.05) is 12.8 Å². The van der Waals surface area contributed by atoms with Crippen molar-refractivity contribution >= 4 is 23.3 Å². The van der Waals surface area contributed by atoms with Crippen molar-refractivity contribution in [2.75, 3.05) is 20.8 Å². The Labute approximate surface area is 161 Å². The molecule has 0 aromatic heterocycles. The van der Waals surface area contributed by atoms with Crippen molar-refractivity contribution in [3.05, 3.63) is 46.7 Å². The Hall–Kier alpha value is -2.13. The standard InChI is InChI=1S/C18H21F3N2O3S/c1-10(9-25-3)23-11(2)14(16(24)26-4)15(22-17(23)27)12-6-5-7-13(8-12)18(19,20)21/h5-8,10,15H,9H2,1-4H3,(H,22,27)/t10-,15+/m0/s1. The van der Waals surface area contributed by atoms with Gasteiger partial charge in [0.25, 0.3) is 0 Å². The molecule has 148 valence electrons. The lowest BCUT2D eigenvalue weighted by Crippen LogP contribution is -2.52. The average Bonchev–Trinajstić information content (AvgIpc) is 2.60. The van der Waals surface area contributed by atoms with E-state index in [1.807, 2.05) is 6.92 Å². The van der Waals surface area contributed by atoms with Crippen molar-refractivity contribution in [1.82, 2.24) is 10.2 Å². The van der Waals surface area contributed by atoms with Gasteiger partial charge < -0.3 is 19.7 Å². The third-order valence-electron chi connectivity index (χ3n) is 4.33. The van der Waals surface area contributed by atoms with Gasteiger partial charge >= 0.3 is 12.1 Å². The molecule has 1 aliphatic rings. The van der Waals surface area contributed by atoms with Crippen molar-refractivity contribution in [3.8, 4) is 0 Å². The zero-order valence-corrected chi connectivity index (χ0v) is 16.2. The van der Waals surface area contributed by atoms with E-state index in [-0.39, 0.29) is 17.2 Å². The van der Waals surface area contributed by atoms with E-state index >= 15 is 0 Å². The molecule has 0 radical (unpaired) electrons. The number of nitrogens with one attached hydrogen (secondary N) is 1. The van der Waals surface area contributed by atoms with Crippen molar-refractivity contribution in [1.29, 1.82) is 0 Å². The van der Waals surface area contributed by atoms with Gasteiger partial charge in [-0.2, -0.15) is 13.2 Å². The number of esters is 1. The van der Waals surface area contributed by atoms with Gasteiger partial charge in [0.15, 0.2) is 5.11 Å². The summed E-state index contributed by atoms with van der Waals surface area (Å²) < 4.78 is 49.3. The number of hydrogen-bond acceptors (Lipinski definition) is 4. The third kappa shape index (κ3) is 4.41. The van der Waals surface area contributed by atoms with Crippen molar-refractivity contribution in [2.45, 2.75) is 32.1 Å². The Morgan fingerprint density at radius 2 is 2.04 bits per heavy atom. The molecule has 2 atom stereocenters. The van der Waals surface area contributed by atoms with E-state index in [1.54, 1.807) is 18.9 Å². The molecular formula is C18H21F3N2O3S. The van der Waals surface area contributed by atoms with Crippen LogP contribution in [0.4, 0.5) is 13.2 Å². The first-order valence-electron chi connectivity index (χ1n) is 8.16. The Morgan fingerprint density at radius 1 is 1.37 bits per heavy atom. The Morgan fingerprint density at radius 3 is 2.59 bits per heavy atom. The molecular weight excluding hydrogens is 381 g/mol. The molecule has 0 spiro atoms. The molecule has 1 aliphatic heterocycles. The van der Waals surface area contributed by atoms with E-state index < -0.39 is 23.8 Å². The summed E-state index contributed by atoms with van der Waals surface area (Å²) in [5.74, 6) is -0.639. The third-order valence-corrected chi connectivity index (χ3v) is 4.64. The summed E-state index contributed by atoms with van der Waals surface area (Å²) in [5, 5.41) is 3.27. The maximum Gasteiger partial charge on any atom is 0.416 e. The van der Waals surface area contributed by atoms with Crippen molar-refractivity contribution in [3.63, 3.8) is 0 Å². The van der Waals surface area contributed by atoms with Crippen LogP contribution in [0.3, 0.4) is 0 Å². The second kappa shape index (κ2) is 8.26. The molecule has 5 nitrogen and oxygen atoms in total. The highest BCUT2D eigenvalue weighted by Gasteiger charge is 2.37. The summed E-state index contributed by atoms with van der Waals surface area (Å²) in [6, 6.07) is 3.76. The lowest BCUT2D eigenvalue weighted by atomic mass is 9.93. The highest BCUT2D eigenvalue weighted by atomic mass is 32.1. The summed E-state index contributed by atoms with van der Waals surface area (Å²) in [4.78, 5) is 14.1. The molecule has 0 saturated heterocycles. The highest BCUT2D eigenvalue weighted by Crippen LogP contribution is 2.35. The van der Waals surface area contributed by atoms with Crippen LogP contribution in [0.5, 0.6) is 0 Å². The summed E-state index contributed by atoms with van der Waals surface area (Å²) >= 11 is 5.40. The topological polar surface area (TPSA) is 50.8 Å². The number of halogens is 3. The fraction of sp³-hybridized carbons (Fsp3) is 0.444. The minimum Gasteiger partial charge on any atom is -0.466 e. The Kier molecular flexibility index (Phi) is 6.48. The predicted octanol–water partition coefficient (Wildman–Crippen LogP) is 3.42. The summed E-state index contributed by atoms with van der Waals surface area (Å²) in [6.07, 6.45) is -4.49. The van der Waals surface area contributed by atoms with E-state index in [0.717, 1.165) is 12.1 Å². The normalized spacial score (nSPS) is 19.0. The lowest BCUT2D eigenvalue weighted by molar-refractivity contribution is -0.137. The monoisotopic (exact) mass is 402 g/mol. The lowest BCUT2D eigenvalue weighted by Gasteiger charge is -2.40. The van der Waals surface area contributed by atoms with Crippen LogP contribution in [-0.2, 0) is 20.4 Å². The molecule has 0 aliphatic carbocycles. The van der Waals surface area contributed by atoms with Gasteiger partial charge in [-0.1, -0.05) is 12.1 Å². The predicted molar refractivity (Wildman–Crippen MR) is 97.8 cm³/mol. The second-order valence-electron chi connectivity index (χ2n) is 6.17. The van der Waals surface area contributed by atoms with E-state index in [0.29, 0.717) is 17.4 Å². The maximum atomic E-state index is 13.1. The molecule has 0 fully saturated rings. The molecule has 1 N–H and O–H groups in total. The number of carbonyl (C=O) groups is 1. The van der Waals surface area contributed by atoms with Gasteiger partial charge in [0.05, 0.1) is 36.9 Å². The van der Waals surface area contributed by atoms with Gasteiger partial charge in [-0.3, -0.25) is 0 Å². The quantitative estimate of drug-likeness (QED) is 0.602. The minimum absolute atomic E-state index is 0.183. The van der Waals surface area contributed by atoms with Crippen LogP contribution in [0.25, 0.3) is 0 Å². The number of hydrogen-bond donors (Lipinski definition) is 1. The zero-order valence-electron chi connectivity index (χ0n) is 15.4.